The van der Waals surface area contributed by atoms with Crippen molar-refractivity contribution in [3.8, 4) is 0 Å². The fourth-order valence-electron chi connectivity index (χ4n) is 0.477. The number of nitrogens with one attached hydrogen (secondary N) is 1. The Bertz CT molecular complexity index is 53.7. The maximum absolute atomic E-state index is 5.15. The first-order chi connectivity index (χ1) is 3.39. The second-order valence-electron chi connectivity index (χ2n) is 1.48. The predicted octanol–water partition coefficient (Wildman–Crippen LogP) is 0.600. The van der Waals surface area contributed by atoms with Gasteiger partial charge in [0.2, 0.25) is 0 Å². The maximum atomic E-state index is 5.15. The van der Waals surface area contributed by atoms with Gasteiger partial charge >= 0.3 is 0 Å². The normalized spacial score (nSPS) is 33.0. The molecular formula is C4H9NOS. The standard InChI is InChI=1S/C4H9NOS/c1-4-5-7-3-2-6-4/h4-5H,2-3H2,1H3. The molecule has 1 atom stereocenters. The van der Waals surface area contributed by atoms with Gasteiger partial charge < -0.3 is 4.74 Å². The van der Waals surface area contributed by atoms with Gasteiger partial charge in [-0.3, -0.25) is 0 Å². The first-order valence-electron chi connectivity index (χ1n) is 2.38. The highest BCUT2D eigenvalue weighted by molar-refractivity contribution is 7.97. The van der Waals surface area contributed by atoms with E-state index in [0.717, 1.165) is 12.4 Å². The fourth-order valence-corrected chi connectivity index (χ4v) is 1.08. The Morgan fingerprint density at radius 2 is 2.71 bits per heavy atom. The second-order valence-corrected chi connectivity index (χ2v) is 2.41. The van der Waals surface area contributed by atoms with E-state index in [1.807, 2.05) is 6.92 Å². The lowest BCUT2D eigenvalue weighted by molar-refractivity contribution is 0.0652. The Morgan fingerprint density at radius 1 is 1.86 bits per heavy atom. The van der Waals surface area contributed by atoms with Crippen molar-refractivity contribution < 1.29 is 4.74 Å². The van der Waals surface area contributed by atoms with Crippen LogP contribution in [0.3, 0.4) is 0 Å². The van der Waals surface area contributed by atoms with Crippen molar-refractivity contribution in [2.75, 3.05) is 12.4 Å². The van der Waals surface area contributed by atoms with Gasteiger partial charge in [-0.05, 0) is 6.92 Å². The van der Waals surface area contributed by atoms with Gasteiger partial charge in [0, 0.05) is 5.75 Å². The van der Waals surface area contributed by atoms with E-state index in [1.165, 1.54) is 0 Å². The lowest BCUT2D eigenvalue weighted by Crippen LogP contribution is -2.29. The van der Waals surface area contributed by atoms with Crippen molar-refractivity contribution in [3.63, 3.8) is 0 Å². The molecule has 0 spiro atoms. The fraction of sp³-hybridized carbons (Fsp3) is 1.00. The minimum absolute atomic E-state index is 0.249. The first-order valence-corrected chi connectivity index (χ1v) is 3.37. The molecule has 7 heavy (non-hydrogen) atoms. The summed E-state index contributed by atoms with van der Waals surface area (Å²) in [4.78, 5) is 0. The second kappa shape index (κ2) is 2.55. The summed E-state index contributed by atoms with van der Waals surface area (Å²) in [6.07, 6.45) is 0.249. The summed E-state index contributed by atoms with van der Waals surface area (Å²) in [6, 6.07) is 0. The van der Waals surface area contributed by atoms with Crippen LogP contribution in [0.4, 0.5) is 0 Å². The molecule has 42 valence electrons. The van der Waals surface area contributed by atoms with E-state index in [0.29, 0.717) is 0 Å². The van der Waals surface area contributed by atoms with Gasteiger partial charge in [0.1, 0.15) is 6.23 Å². The average Bonchev–Trinajstić information content (AvgIpc) is 1.69. The molecule has 1 fully saturated rings. The monoisotopic (exact) mass is 119 g/mol. The van der Waals surface area contributed by atoms with Crippen LogP contribution in [0.25, 0.3) is 0 Å². The lowest BCUT2D eigenvalue weighted by Gasteiger charge is -2.18. The Hall–Kier alpha value is 0.270. The molecule has 1 rings (SSSR count). The molecule has 1 saturated heterocycles. The molecular weight excluding hydrogens is 110 g/mol. The van der Waals surface area contributed by atoms with Crippen LogP contribution in [0.15, 0.2) is 0 Å². The zero-order chi connectivity index (χ0) is 5.11. The van der Waals surface area contributed by atoms with E-state index in [-0.39, 0.29) is 6.23 Å². The van der Waals surface area contributed by atoms with E-state index in [9.17, 15) is 0 Å². The smallest absolute Gasteiger partial charge is 0.114 e. The van der Waals surface area contributed by atoms with Crippen LogP contribution in [0.2, 0.25) is 0 Å². The Kier molecular flexibility index (Phi) is 1.97. The molecule has 1 aliphatic heterocycles. The molecule has 2 nitrogen and oxygen atoms in total. The summed E-state index contributed by atoms with van der Waals surface area (Å²) < 4.78 is 8.22. The van der Waals surface area contributed by atoms with E-state index in [2.05, 4.69) is 4.72 Å². The predicted molar refractivity (Wildman–Crippen MR) is 31.0 cm³/mol. The molecule has 1 unspecified atom stereocenters. The third-order valence-electron chi connectivity index (χ3n) is 0.803. The Balaban J connectivity index is 2.12. The number of rotatable bonds is 0. The highest BCUT2D eigenvalue weighted by Crippen LogP contribution is 2.03. The maximum Gasteiger partial charge on any atom is 0.114 e. The topological polar surface area (TPSA) is 21.3 Å². The molecule has 0 aromatic heterocycles. The van der Waals surface area contributed by atoms with Crippen LogP contribution in [0.5, 0.6) is 0 Å². The first kappa shape index (κ1) is 5.41. The van der Waals surface area contributed by atoms with Gasteiger partial charge in [-0.25, -0.2) is 4.72 Å². The molecule has 0 saturated carbocycles. The summed E-state index contributed by atoms with van der Waals surface area (Å²) in [6.45, 7) is 2.89. The SMILES string of the molecule is CC1NSCCO1. The molecule has 3 heteroatoms. The minimum Gasteiger partial charge on any atom is -0.362 e. The van der Waals surface area contributed by atoms with Crippen LogP contribution in [-0.4, -0.2) is 18.6 Å². The molecule has 1 N–H and O–H groups in total. The van der Waals surface area contributed by atoms with Crippen LogP contribution in [0, 0.1) is 0 Å². The molecule has 1 aliphatic rings. The molecule has 0 aromatic rings. The van der Waals surface area contributed by atoms with Gasteiger partial charge in [0.25, 0.3) is 0 Å². The largest absolute Gasteiger partial charge is 0.362 e. The van der Waals surface area contributed by atoms with Crippen LogP contribution < -0.4 is 4.72 Å². The quantitative estimate of drug-likeness (QED) is 0.472. The summed E-state index contributed by atoms with van der Waals surface area (Å²) in [5, 5.41) is 0. The van der Waals surface area contributed by atoms with E-state index >= 15 is 0 Å². The van der Waals surface area contributed by atoms with Crippen molar-refractivity contribution in [1.29, 1.82) is 0 Å². The van der Waals surface area contributed by atoms with E-state index in [4.69, 9.17) is 4.74 Å². The molecule has 0 aromatic carbocycles. The highest BCUT2D eigenvalue weighted by atomic mass is 32.2. The molecule has 0 amide bonds. The van der Waals surface area contributed by atoms with Gasteiger partial charge in [-0.15, -0.1) is 0 Å². The Labute approximate surface area is 47.8 Å². The third kappa shape index (κ3) is 1.67. The summed E-state index contributed by atoms with van der Waals surface area (Å²) in [5.41, 5.74) is 0. The zero-order valence-corrected chi connectivity index (χ0v) is 5.12. The third-order valence-corrected chi connectivity index (χ3v) is 1.67. The summed E-state index contributed by atoms with van der Waals surface area (Å²) in [5.74, 6) is 1.07. The van der Waals surface area contributed by atoms with Gasteiger partial charge in [0.15, 0.2) is 0 Å². The number of ether oxygens (including phenoxy) is 1. The molecule has 0 aliphatic carbocycles. The highest BCUT2D eigenvalue weighted by Gasteiger charge is 2.04. The van der Waals surface area contributed by atoms with Crippen molar-refractivity contribution in [1.82, 2.24) is 4.72 Å². The van der Waals surface area contributed by atoms with Crippen molar-refractivity contribution in [2.45, 2.75) is 13.2 Å². The molecule has 1 heterocycles. The van der Waals surface area contributed by atoms with E-state index < -0.39 is 0 Å². The van der Waals surface area contributed by atoms with Gasteiger partial charge in [0.05, 0.1) is 6.61 Å². The average molecular weight is 119 g/mol. The van der Waals surface area contributed by atoms with Crippen LogP contribution >= 0.6 is 11.9 Å². The van der Waals surface area contributed by atoms with Gasteiger partial charge in [-0.2, -0.15) is 0 Å². The minimum atomic E-state index is 0.249. The van der Waals surface area contributed by atoms with Crippen molar-refractivity contribution >= 4 is 11.9 Å². The van der Waals surface area contributed by atoms with Crippen molar-refractivity contribution in [3.05, 3.63) is 0 Å². The lowest BCUT2D eigenvalue weighted by atomic mass is 10.7. The number of hydrogen-bond donors (Lipinski definition) is 1. The number of hydrogen-bond acceptors (Lipinski definition) is 3. The Morgan fingerprint density at radius 3 is 3.00 bits per heavy atom. The van der Waals surface area contributed by atoms with Crippen LogP contribution in [-0.2, 0) is 4.74 Å². The molecule has 0 bridgehead atoms. The molecule has 0 radical (unpaired) electrons. The summed E-state index contributed by atoms with van der Waals surface area (Å²) >= 11 is 1.73. The van der Waals surface area contributed by atoms with E-state index in [1.54, 1.807) is 11.9 Å². The summed E-state index contributed by atoms with van der Waals surface area (Å²) in [7, 11) is 0. The van der Waals surface area contributed by atoms with Gasteiger partial charge in [-0.1, -0.05) is 11.9 Å². The van der Waals surface area contributed by atoms with Crippen molar-refractivity contribution in [2.24, 2.45) is 0 Å². The zero-order valence-electron chi connectivity index (χ0n) is 4.31. The van der Waals surface area contributed by atoms with Crippen LogP contribution in [0.1, 0.15) is 6.92 Å².